The fraction of sp³-hybridized carbons (Fsp3) is 0. The molecule has 1 amide bonds. The molecule has 0 bridgehead atoms. The Balaban J connectivity index is 1.47. The third-order valence-electron chi connectivity index (χ3n) is 4.12. The van der Waals surface area contributed by atoms with E-state index in [1.54, 1.807) is 12.3 Å². The minimum absolute atomic E-state index is 0.345. The Hall–Kier alpha value is -3.25. The zero-order valence-electron chi connectivity index (χ0n) is 14.2. The van der Waals surface area contributed by atoms with Crippen molar-refractivity contribution in [3.8, 4) is 11.3 Å². The van der Waals surface area contributed by atoms with E-state index >= 15 is 0 Å². The van der Waals surface area contributed by atoms with E-state index in [1.807, 2.05) is 48.5 Å². The minimum Gasteiger partial charge on any atom is -0.272 e. The molecule has 0 saturated heterocycles. The molecule has 1 heterocycles. The summed E-state index contributed by atoms with van der Waals surface area (Å²) < 4.78 is 0.988. The maximum atomic E-state index is 12.2. The van der Waals surface area contributed by atoms with Crippen molar-refractivity contribution in [1.29, 1.82) is 0 Å². The zero-order chi connectivity index (χ0) is 18.6. The van der Waals surface area contributed by atoms with Gasteiger partial charge in [0.2, 0.25) is 0 Å². The quantitative estimate of drug-likeness (QED) is 0.370. The standard InChI is InChI=1S/C21H15BrN4O/c22-18-9-5-14(6-10-18)13-23-26-21(27)20-12-19(24-25-20)17-8-7-15-3-1-2-4-16(15)11-17/h1-13H,(H,24,25)(H,26,27)/b23-13+. The van der Waals surface area contributed by atoms with Gasteiger partial charge in [-0.15, -0.1) is 0 Å². The molecule has 27 heavy (non-hydrogen) atoms. The summed E-state index contributed by atoms with van der Waals surface area (Å²) in [5.74, 6) is -0.345. The van der Waals surface area contributed by atoms with Gasteiger partial charge in [-0.2, -0.15) is 10.2 Å². The first kappa shape index (κ1) is 17.2. The Kier molecular flexibility index (Phi) is 4.80. The average molecular weight is 419 g/mol. The van der Waals surface area contributed by atoms with Crippen molar-refractivity contribution >= 4 is 38.8 Å². The van der Waals surface area contributed by atoms with E-state index in [9.17, 15) is 4.79 Å². The van der Waals surface area contributed by atoms with Gasteiger partial charge >= 0.3 is 0 Å². The van der Waals surface area contributed by atoms with Crippen LogP contribution >= 0.6 is 15.9 Å². The summed E-state index contributed by atoms with van der Waals surface area (Å²) in [5.41, 5.74) is 5.40. The maximum Gasteiger partial charge on any atom is 0.289 e. The van der Waals surface area contributed by atoms with E-state index in [4.69, 9.17) is 0 Å². The number of nitrogens with one attached hydrogen (secondary N) is 2. The molecule has 0 radical (unpaired) electrons. The monoisotopic (exact) mass is 418 g/mol. The summed E-state index contributed by atoms with van der Waals surface area (Å²) in [4.78, 5) is 12.2. The second-order valence-electron chi connectivity index (χ2n) is 5.98. The predicted molar refractivity (Wildman–Crippen MR) is 111 cm³/mol. The molecule has 2 N–H and O–H groups in total. The number of benzene rings is 3. The van der Waals surface area contributed by atoms with Gasteiger partial charge in [0.25, 0.3) is 5.91 Å². The molecular weight excluding hydrogens is 404 g/mol. The van der Waals surface area contributed by atoms with Gasteiger partial charge in [0.15, 0.2) is 0 Å². The summed E-state index contributed by atoms with van der Waals surface area (Å²) in [6.45, 7) is 0. The molecule has 0 atom stereocenters. The number of hydrogen-bond acceptors (Lipinski definition) is 3. The molecule has 5 nitrogen and oxygen atoms in total. The Morgan fingerprint density at radius 2 is 1.78 bits per heavy atom. The van der Waals surface area contributed by atoms with Gasteiger partial charge in [0.05, 0.1) is 11.9 Å². The van der Waals surface area contributed by atoms with Gasteiger partial charge in [-0.3, -0.25) is 9.89 Å². The van der Waals surface area contributed by atoms with Gasteiger partial charge in [-0.05, 0) is 40.6 Å². The molecule has 6 heteroatoms. The Morgan fingerprint density at radius 1 is 1.00 bits per heavy atom. The molecule has 4 rings (SSSR count). The number of H-pyrrole nitrogens is 1. The molecule has 0 fully saturated rings. The average Bonchev–Trinajstić information content (AvgIpc) is 3.19. The summed E-state index contributed by atoms with van der Waals surface area (Å²) in [5, 5.41) is 13.3. The van der Waals surface area contributed by atoms with Crippen LogP contribution in [-0.2, 0) is 0 Å². The van der Waals surface area contributed by atoms with Crippen molar-refractivity contribution in [3.05, 3.63) is 88.5 Å². The van der Waals surface area contributed by atoms with Crippen molar-refractivity contribution in [2.45, 2.75) is 0 Å². The lowest BCUT2D eigenvalue weighted by molar-refractivity contribution is 0.0950. The lowest BCUT2D eigenvalue weighted by Gasteiger charge is -2.00. The summed E-state index contributed by atoms with van der Waals surface area (Å²) >= 11 is 3.38. The fourth-order valence-corrected chi connectivity index (χ4v) is 2.97. The van der Waals surface area contributed by atoms with Crippen LogP contribution in [-0.4, -0.2) is 22.3 Å². The minimum atomic E-state index is -0.345. The fourth-order valence-electron chi connectivity index (χ4n) is 2.71. The highest BCUT2D eigenvalue weighted by Crippen LogP contribution is 2.23. The number of fused-ring (bicyclic) bond motifs is 1. The Morgan fingerprint density at radius 3 is 2.59 bits per heavy atom. The second-order valence-corrected chi connectivity index (χ2v) is 6.90. The SMILES string of the molecule is O=C(N/N=C/c1ccc(Br)cc1)c1cc(-c2ccc3ccccc3c2)n[nH]1. The van der Waals surface area contributed by atoms with Crippen LogP contribution in [0.25, 0.3) is 22.0 Å². The highest BCUT2D eigenvalue weighted by molar-refractivity contribution is 9.10. The number of halogens is 1. The van der Waals surface area contributed by atoms with Crippen molar-refractivity contribution in [3.63, 3.8) is 0 Å². The maximum absolute atomic E-state index is 12.2. The molecule has 0 spiro atoms. The Bertz CT molecular complexity index is 1130. The number of rotatable bonds is 4. The molecule has 0 aliphatic carbocycles. The van der Waals surface area contributed by atoms with Crippen molar-refractivity contribution < 1.29 is 4.79 Å². The topological polar surface area (TPSA) is 70.1 Å². The van der Waals surface area contributed by atoms with Gasteiger partial charge < -0.3 is 0 Å². The number of hydrazone groups is 1. The van der Waals surface area contributed by atoms with E-state index in [1.165, 1.54) is 0 Å². The summed E-state index contributed by atoms with van der Waals surface area (Å²) in [6.07, 6.45) is 1.59. The largest absolute Gasteiger partial charge is 0.289 e. The number of carbonyl (C=O) groups excluding carboxylic acids is 1. The van der Waals surface area contributed by atoms with Crippen LogP contribution in [0.3, 0.4) is 0 Å². The number of hydrogen-bond donors (Lipinski definition) is 2. The van der Waals surface area contributed by atoms with E-state index in [0.717, 1.165) is 26.4 Å². The van der Waals surface area contributed by atoms with Crippen LogP contribution in [0.2, 0.25) is 0 Å². The Labute approximate surface area is 164 Å². The van der Waals surface area contributed by atoms with Crippen molar-refractivity contribution in [2.24, 2.45) is 5.10 Å². The van der Waals surface area contributed by atoms with Crippen molar-refractivity contribution in [2.75, 3.05) is 0 Å². The first-order valence-electron chi connectivity index (χ1n) is 8.32. The van der Waals surface area contributed by atoms with Crippen LogP contribution in [0.5, 0.6) is 0 Å². The summed E-state index contributed by atoms with van der Waals surface area (Å²) in [6, 6.07) is 23.5. The van der Waals surface area contributed by atoms with E-state index < -0.39 is 0 Å². The molecule has 0 aliphatic rings. The number of carbonyl (C=O) groups is 1. The van der Waals surface area contributed by atoms with E-state index in [-0.39, 0.29) is 5.91 Å². The molecule has 132 valence electrons. The van der Waals surface area contributed by atoms with Gasteiger partial charge in [0.1, 0.15) is 5.69 Å². The van der Waals surface area contributed by atoms with Crippen LogP contribution in [0.15, 0.2) is 82.4 Å². The smallest absolute Gasteiger partial charge is 0.272 e. The first-order valence-corrected chi connectivity index (χ1v) is 9.12. The molecule has 0 aliphatic heterocycles. The van der Waals surface area contributed by atoms with E-state index in [0.29, 0.717) is 11.4 Å². The third-order valence-corrected chi connectivity index (χ3v) is 4.65. The van der Waals surface area contributed by atoms with Crippen LogP contribution in [0.1, 0.15) is 16.1 Å². The number of nitrogens with zero attached hydrogens (tertiary/aromatic N) is 2. The molecule has 4 aromatic rings. The summed E-state index contributed by atoms with van der Waals surface area (Å²) in [7, 11) is 0. The predicted octanol–water partition coefficient (Wildman–Crippen LogP) is 4.76. The second kappa shape index (κ2) is 7.55. The van der Waals surface area contributed by atoms with E-state index in [2.05, 4.69) is 54.9 Å². The van der Waals surface area contributed by atoms with Crippen molar-refractivity contribution in [1.82, 2.24) is 15.6 Å². The number of aromatic nitrogens is 2. The number of amides is 1. The van der Waals surface area contributed by atoms with Gasteiger partial charge in [-0.25, -0.2) is 5.43 Å². The van der Waals surface area contributed by atoms with Crippen LogP contribution in [0.4, 0.5) is 0 Å². The molecule has 0 unspecified atom stereocenters. The number of aromatic amines is 1. The first-order chi connectivity index (χ1) is 13.2. The third kappa shape index (κ3) is 3.96. The molecule has 1 aromatic heterocycles. The lowest BCUT2D eigenvalue weighted by atomic mass is 10.1. The van der Waals surface area contributed by atoms with Crippen LogP contribution in [0, 0.1) is 0 Å². The molecule has 3 aromatic carbocycles. The molecule has 0 saturated carbocycles. The molecular formula is C21H15BrN4O. The highest BCUT2D eigenvalue weighted by atomic mass is 79.9. The van der Waals surface area contributed by atoms with Crippen LogP contribution < -0.4 is 5.43 Å². The normalized spacial score (nSPS) is 11.1. The highest BCUT2D eigenvalue weighted by Gasteiger charge is 2.10. The lowest BCUT2D eigenvalue weighted by Crippen LogP contribution is -2.17. The van der Waals surface area contributed by atoms with Gasteiger partial charge in [0, 0.05) is 10.0 Å². The zero-order valence-corrected chi connectivity index (χ0v) is 15.8. The van der Waals surface area contributed by atoms with Gasteiger partial charge in [-0.1, -0.05) is 64.5 Å².